The van der Waals surface area contributed by atoms with Crippen molar-refractivity contribution in [3.8, 4) is 0 Å². The van der Waals surface area contributed by atoms with E-state index in [2.05, 4.69) is 15.5 Å². The van der Waals surface area contributed by atoms with Crippen molar-refractivity contribution < 1.29 is 4.79 Å². The quantitative estimate of drug-likeness (QED) is 0.544. The van der Waals surface area contributed by atoms with E-state index in [1.54, 1.807) is 0 Å². The Hall–Kier alpha value is -2.54. The van der Waals surface area contributed by atoms with E-state index in [1.165, 1.54) is 16.4 Å². The van der Waals surface area contributed by atoms with E-state index >= 15 is 0 Å². The van der Waals surface area contributed by atoms with E-state index in [9.17, 15) is 4.79 Å². The van der Waals surface area contributed by atoms with Crippen LogP contribution >= 0.6 is 11.8 Å². The van der Waals surface area contributed by atoms with E-state index in [-0.39, 0.29) is 11.2 Å². The third kappa shape index (κ3) is 3.19. The van der Waals surface area contributed by atoms with Crippen LogP contribution in [0.4, 0.5) is 5.69 Å². The molecule has 1 aliphatic carbocycles. The van der Waals surface area contributed by atoms with Crippen molar-refractivity contribution in [2.24, 2.45) is 0 Å². The Morgan fingerprint density at radius 1 is 1.24 bits per heavy atom. The van der Waals surface area contributed by atoms with Crippen LogP contribution in [0, 0.1) is 0 Å². The molecule has 0 unspecified atom stereocenters. The molecule has 6 nitrogen and oxygen atoms in total. The number of fused-ring (bicyclic) bond motifs is 1. The number of rotatable bonds is 5. The molecule has 0 saturated heterocycles. The first kappa shape index (κ1) is 16.0. The Balaban J connectivity index is 1.48. The van der Waals surface area contributed by atoms with Crippen LogP contribution in [0.5, 0.6) is 0 Å². The molecule has 1 aromatic heterocycles. The number of anilines is 1. The van der Waals surface area contributed by atoms with E-state index in [0.29, 0.717) is 11.1 Å². The lowest BCUT2D eigenvalue weighted by atomic mass is 10.1. The SMILES string of the molecule is C[C@H](Sc1nnc(C2CC2)n1N)C(=O)Nc1cccc2ccccc12. The van der Waals surface area contributed by atoms with Gasteiger partial charge >= 0.3 is 0 Å². The second-order valence-electron chi connectivity index (χ2n) is 6.26. The Bertz CT molecular complexity index is 929. The van der Waals surface area contributed by atoms with Gasteiger partial charge in [0.2, 0.25) is 11.1 Å². The molecule has 1 heterocycles. The standard InChI is InChI=1S/C18H19N5OS/c1-11(25-18-22-21-16(23(18)19)13-9-10-13)17(24)20-15-8-4-6-12-5-2-3-7-14(12)15/h2-8,11,13H,9-10,19H2,1H3,(H,20,24)/t11-/m0/s1. The number of aromatic nitrogens is 3. The van der Waals surface area contributed by atoms with E-state index in [0.717, 1.165) is 35.1 Å². The molecule has 7 heteroatoms. The molecule has 0 radical (unpaired) electrons. The fourth-order valence-electron chi connectivity index (χ4n) is 2.77. The van der Waals surface area contributed by atoms with Gasteiger partial charge in [0, 0.05) is 17.0 Å². The summed E-state index contributed by atoms with van der Waals surface area (Å²) in [5, 5.41) is 13.6. The first-order valence-electron chi connectivity index (χ1n) is 8.29. The molecule has 1 aliphatic rings. The van der Waals surface area contributed by atoms with Crippen LogP contribution in [0.3, 0.4) is 0 Å². The molecule has 4 rings (SSSR count). The summed E-state index contributed by atoms with van der Waals surface area (Å²) in [5.41, 5.74) is 0.809. The van der Waals surface area contributed by atoms with Gasteiger partial charge < -0.3 is 11.2 Å². The predicted octanol–water partition coefficient (Wildman–Crippen LogP) is 3.14. The van der Waals surface area contributed by atoms with Crippen molar-refractivity contribution in [2.75, 3.05) is 11.2 Å². The van der Waals surface area contributed by atoms with E-state index < -0.39 is 0 Å². The van der Waals surface area contributed by atoms with Crippen LogP contribution in [0.2, 0.25) is 0 Å². The van der Waals surface area contributed by atoms with Crippen molar-refractivity contribution in [1.82, 2.24) is 14.9 Å². The molecule has 128 valence electrons. The highest BCUT2D eigenvalue weighted by atomic mass is 32.2. The van der Waals surface area contributed by atoms with E-state index in [4.69, 9.17) is 5.84 Å². The summed E-state index contributed by atoms with van der Waals surface area (Å²) in [5.74, 6) is 7.21. The van der Waals surface area contributed by atoms with Gasteiger partial charge in [-0.15, -0.1) is 10.2 Å². The zero-order valence-corrected chi connectivity index (χ0v) is 14.7. The highest BCUT2D eigenvalue weighted by molar-refractivity contribution is 8.00. The highest BCUT2D eigenvalue weighted by Crippen LogP contribution is 2.39. The zero-order chi connectivity index (χ0) is 17.4. The Labute approximate surface area is 149 Å². The molecule has 1 atom stereocenters. The molecule has 2 aromatic carbocycles. The summed E-state index contributed by atoms with van der Waals surface area (Å²) in [4.78, 5) is 12.6. The number of hydrogen-bond donors (Lipinski definition) is 2. The largest absolute Gasteiger partial charge is 0.336 e. The minimum Gasteiger partial charge on any atom is -0.336 e. The summed E-state index contributed by atoms with van der Waals surface area (Å²) in [7, 11) is 0. The molecule has 1 saturated carbocycles. The van der Waals surface area contributed by atoms with Gasteiger partial charge in [-0.25, -0.2) is 4.68 Å². The van der Waals surface area contributed by atoms with Crippen LogP contribution < -0.4 is 11.2 Å². The third-order valence-corrected chi connectivity index (χ3v) is 5.39. The lowest BCUT2D eigenvalue weighted by Gasteiger charge is -2.13. The van der Waals surface area contributed by atoms with Crippen molar-refractivity contribution in [1.29, 1.82) is 0 Å². The number of nitrogens with zero attached hydrogens (tertiary/aromatic N) is 3. The molecule has 3 aromatic rings. The fraction of sp³-hybridized carbons (Fsp3) is 0.278. The Morgan fingerprint density at radius 2 is 2.00 bits per heavy atom. The first-order chi connectivity index (χ1) is 12.1. The lowest BCUT2D eigenvalue weighted by Crippen LogP contribution is -2.24. The highest BCUT2D eigenvalue weighted by Gasteiger charge is 2.30. The van der Waals surface area contributed by atoms with Crippen LogP contribution in [0.25, 0.3) is 10.8 Å². The maximum absolute atomic E-state index is 12.6. The maximum atomic E-state index is 12.6. The predicted molar refractivity (Wildman–Crippen MR) is 100 cm³/mol. The number of carbonyl (C=O) groups is 1. The normalized spacial score (nSPS) is 15.2. The molecule has 25 heavy (non-hydrogen) atoms. The van der Waals surface area contributed by atoms with Crippen molar-refractivity contribution >= 4 is 34.1 Å². The second-order valence-corrected chi connectivity index (χ2v) is 7.57. The van der Waals surface area contributed by atoms with E-state index in [1.807, 2.05) is 49.4 Å². The average molecular weight is 353 g/mol. The van der Waals surface area contributed by atoms with Gasteiger partial charge in [-0.1, -0.05) is 48.2 Å². The minimum absolute atomic E-state index is 0.0858. The molecular weight excluding hydrogens is 334 g/mol. The summed E-state index contributed by atoms with van der Waals surface area (Å²) < 4.78 is 1.52. The number of nitrogens with one attached hydrogen (secondary N) is 1. The van der Waals surface area contributed by atoms with Gasteiger partial charge in [0.25, 0.3) is 0 Å². The second kappa shape index (κ2) is 6.40. The fourth-order valence-corrected chi connectivity index (χ4v) is 3.55. The maximum Gasteiger partial charge on any atom is 0.237 e. The van der Waals surface area contributed by atoms with Crippen molar-refractivity contribution in [3.63, 3.8) is 0 Å². The molecule has 0 spiro atoms. The average Bonchev–Trinajstić information content (AvgIpc) is 3.40. The van der Waals surface area contributed by atoms with Crippen LogP contribution in [-0.2, 0) is 4.79 Å². The Kier molecular flexibility index (Phi) is 4.09. The smallest absolute Gasteiger partial charge is 0.237 e. The van der Waals surface area contributed by atoms with Gasteiger partial charge in [-0.3, -0.25) is 4.79 Å². The van der Waals surface area contributed by atoms with Gasteiger partial charge in [-0.05, 0) is 31.2 Å². The molecule has 0 aliphatic heterocycles. The summed E-state index contributed by atoms with van der Waals surface area (Å²) >= 11 is 1.32. The van der Waals surface area contributed by atoms with Gasteiger partial charge in [0.1, 0.15) is 0 Å². The summed E-state index contributed by atoms with van der Waals surface area (Å²) in [6.45, 7) is 1.84. The number of benzene rings is 2. The molecule has 0 bridgehead atoms. The van der Waals surface area contributed by atoms with Gasteiger partial charge in [-0.2, -0.15) is 0 Å². The summed E-state index contributed by atoms with van der Waals surface area (Å²) in [6, 6.07) is 13.9. The Morgan fingerprint density at radius 3 is 2.80 bits per heavy atom. The van der Waals surface area contributed by atoms with Crippen LogP contribution in [0.1, 0.15) is 31.5 Å². The molecule has 3 N–H and O–H groups in total. The molecule has 1 fully saturated rings. The topological polar surface area (TPSA) is 85.8 Å². The zero-order valence-electron chi connectivity index (χ0n) is 13.8. The molecular formula is C18H19N5OS. The van der Waals surface area contributed by atoms with Crippen LogP contribution in [-0.4, -0.2) is 26.0 Å². The van der Waals surface area contributed by atoms with Crippen molar-refractivity contribution in [3.05, 3.63) is 48.3 Å². The number of amides is 1. The van der Waals surface area contributed by atoms with Gasteiger partial charge in [0.05, 0.1) is 5.25 Å². The molecule has 1 amide bonds. The minimum atomic E-state index is -0.336. The van der Waals surface area contributed by atoms with Crippen molar-refractivity contribution in [2.45, 2.75) is 36.1 Å². The number of carbonyl (C=O) groups excluding carboxylic acids is 1. The first-order valence-corrected chi connectivity index (χ1v) is 9.17. The van der Waals surface area contributed by atoms with Gasteiger partial charge in [0.15, 0.2) is 5.82 Å². The third-order valence-electron chi connectivity index (χ3n) is 4.33. The number of hydrogen-bond acceptors (Lipinski definition) is 5. The van der Waals surface area contributed by atoms with Crippen LogP contribution in [0.15, 0.2) is 47.6 Å². The summed E-state index contributed by atoms with van der Waals surface area (Å²) in [6.07, 6.45) is 2.22. The number of nitrogens with two attached hydrogens (primary N) is 1. The number of thioether (sulfide) groups is 1. The monoisotopic (exact) mass is 353 g/mol. The lowest BCUT2D eigenvalue weighted by molar-refractivity contribution is -0.115. The number of nitrogen functional groups attached to an aromatic ring is 1.